The zero-order chi connectivity index (χ0) is 31.5. The highest BCUT2D eigenvalue weighted by molar-refractivity contribution is 7.88. The molecule has 0 amide bonds. The van der Waals surface area contributed by atoms with Gasteiger partial charge < -0.3 is 14.7 Å². The molecule has 3 fully saturated rings. The van der Waals surface area contributed by atoms with Crippen LogP contribution in [-0.4, -0.2) is 85.2 Å². The van der Waals surface area contributed by atoms with E-state index in [0.29, 0.717) is 71.1 Å². The van der Waals surface area contributed by atoms with Crippen LogP contribution >= 0.6 is 0 Å². The molecule has 1 unspecified atom stereocenters. The van der Waals surface area contributed by atoms with Crippen molar-refractivity contribution in [1.82, 2.24) is 19.6 Å². The number of phenols is 1. The molecule has 3 saturated heterocycles. The first-order valence-corrected chi connectivity index (χ1v) is 16.9. The second kappa shape index (κ2) is 11.1. The largest absolute Gasteiger partial charge is 0.508 e. The van der Waals surface area contributed by atoms with Gasteiger partial charge in [0, 0.05) is 42.9 Å². The zero-order valence-corrected chi connectivity index (χ0v) is 25.6. The smallest absolute Gasteiger partial charge is 0.319 e. The third-order valence-electron chi connectivity index (χ3n) is 9.26. The lowest BCUT2D eigenvalue weighted by molar-refractivity contribution is 0.107. The molecular weight excluding hydrogens is 600 g/mol. The van der Waals surface area contributed by atoms with E-state index in [0.717, 1.165) is 25.6 Å². The van der Waals surface area contributed by atoms with E-state index in [4.69, 9.17) is 21.1 Å². The fourth-order valence-electron chi connectivity index (χ4n) is 7.36. The highest BCUT2D eigenvalue weighted by Gasteiger charge is 2.49. The minimum Gasteiger partial charge on any atom is -0.508 e. The number of alkyl halides is 1. The first-order chi connectivity index (χ1) is 21.5. The Morgan fingerprint density at radius 3 is 2.82 bits per heavy atom. The van der Waals surface area contributed by atoms with Gasteiger partial charge in [-0.3, -0.25) is 4.90 Å². The summed E-state index contributed by atoms with van der Waals surface area (Å²) in [6.07, 6.45) is 8.77. The van der Waals surface area contributed by atoms with Crippen molar-refractivity contribution in [2.75, 3.05) is 43.9 Å². The highest BCUT2D eigenvalue weighted by atomic mass is 32.2. The molecule has 0 radical (unpaired) electrons. The van der Waals surface area contributed by atoms with Gasteiger partial charge in [-0.2, -0.15) is 9.97 Å². The number of aromatic hydroxyl groups is 1. The van der Waals surface area contributed by atoms with Gasteiger partial charge in [-0.15, -0.1) is 6.42 Å². The molecule has 12 heteroatoms. The van der Waals surface area contributed by atoms with Crippen molar-refractivity contribution >= 4 is 37.5 Å². The Hall–Kier alpha value is -4.05. The maximum Gasteiger partial charge on any atom is 0.319 e. The molecule has 0 spiro atoms. The van der Waals surface area contributed by atoms with Gasteiger partial charge in [-0.05, 0) is 72.7 Å². The first-order valence-electron chi connectivity index (χ1n) is 15.0. The van der Waals surface area contributed by atoms with Gasteiger partial charge >= 0.3 is 6.01 Å². The fraction of sp³-hybridized carbons (Fsp3) is 0.394. The third kappa shape index (κ3) is 5.54. The average molecular weight is 634 g/mol. The van der Waals surface area contributed by atoms with E-state index in [9.17, 15) is 22.3 Å². The zero-order valence-electron chi connectivity index (χ0n) is 24.8. The Morgan fingerprint density at radius 1 is 1.18 bits per heavy atom. The maximum absolute atomic E-state index is 14.8. The Kier molecular flexibility index (Phi) is 7.30. The lowest BCUT2D eigenvalue weighted by atomic mass is 9.93. The first kappa shape index (κ1) is 29.6. The number of rotatable bonds is 7. The number of nitrogens with one attached hydrogen (secondary N) is 1. The molecule has 0 bridgehead atoms. The second-order valence-corrected chi connectivity index (χ2v) is 14.2. The number of hydrogen-bond acceptors (Lipinski definition) is 8. The minimum atomic E-state index is -3.39. The molecule has 45 heavy (non-hydrogen) atoms. The highest BCUT2D eigenvalue weighted by Crippen LogP contribution is 2.41. The van der Waals surface area contributed by atoms with Crippen LogP contribution in [0.2, 0.25) is 0 Å². The van der Waals surface area contributed by atoms with Gasteiger partial charge in [0.15, 0.2) is 0 Å². The Morgan fingerprint density at radius 2 is 2.02 bits per heavy atom. The van der Waals surface area contributed by atoms with Gasteiger partial charge in [0.2, 0.25) is 10.0 Å². The van der Waals surface area contributed by atoms with Crippen LogP contribution in [0.25, 0.3) is 32.8 Å². The van der Waals surface area contributed by atoms with Crippen LogP contribution in [0.15, 0.2) is 42.5 Å². The summed E-state index contributed by atoms with van der Waals surface area (Å²) < 4.78 is 62.0. The summed E-state index contributed by atoms with van der Waals surface area (Å²) in [6, 6.07) is 11.3. The van der Waals surface area contributed by atoms with Gasteiger partial charge in [-0.1, -0.05) is 18.1 Å². The minimum absolute atomic E-state index is 0.00386. The molecule has 3 aliphatic rings. The molecule has 0 aliphatic carbocycles. The SMILES string of the molecule is C#Cc1c(F)ccc2cc(O)cc(-c3ccc4c(N5CCC(NS(C)(=O)=O)C5)nc(OC[C@@]56CCCN5C[C@H](F)C6)nc4c3)c12. The summed E-state index contributed by atoms with van der Waals surface area (Å²) in [5.74, 6) is 2.51. The lowest BCUT2D eigenvalue weighted by Crippen LogP contribution is -2.43. The molecule has 3 aromatic carbocycles. The fourth-order valence-corrected chi connectivity index (χ4v) is 8.16. The van der Waals surface area contributed by atoms with Crippen molar-refractivity contribution in [3.63, 3.8) is 0 Å². The summed E-state index contributed by atoms with van der Waals surface area (Å²) in [5.41, 5.74) is 1.43. The van der Waals surface area contributed by atoms with Crippen LogP contribution in [0.3, 0.4) is 0 Å². The van der Waals surface area contributed by atoms with Crippen molar-refractivity contribution < 1.29 is 27.0 Å². The van der Waals surface area contributed by atoms with Gasteiger partial charge in [0.05, 0.1) is 22.9 Å². The number of terminal acetylenes is 1. The molecular formula is C33H33F2N5O4S. The quantitative estimate of drug-likeness (QED) is 0.289. The molecule has 2 N–H and O–H groups in total. The number of phenolic OH excluding ortho intramolecular Hbond substituents is 1. The van der Waals surface area contributed by atoms with E-state index >= 15 is 0 Å². The monoisotopic (exact) mass is 633 g/mol. The standard InChI is InChI=1S/C33H33F2N5O4S/c1-3-25-28(35)8-6-21-13-24(41)15-27(30(21)25)20-5-7-26-29(14-20)36-32(44-19-33-10-4-11-40(33)17-22(34)16-33)37-31(26)39-12-9-23(18-39)38-45(2,42)43/h1,5-8,13-15,22-23,38,41H,4,9-12,16-19H2,2H3/t22-,23?,33+/m1/s1. The summed E-state index contributed by atoms with van der Waals surface area (Å²) in [7, 11) is -3.39. The van der Waals surface area contributed by atoms with Crippen LogP contribution in [0.5, 0.6) is 11.8 Å². The lowest BCUT2D eigenvalue weighted by Gasteiger charge is -2.31. The molecule has 0 saturated carbocycles. The van der Waals surface area contributed by atoms with E-state index in [1.807, 2.05) is 23.1 Å². The Bertz CT molecular complexity index is 1980. The van der Waals surface area contributed by atoms with Crippen molar-refractivity contribution in [3.05, 3.63) is 53.8 Å². The van der Waals surface area contributed by atoms with E-state index in [1.165, 1.54) is 12.1 Å². The van der Waals surface area contributed by atoms with Crippen molar-refractivity contribution in [2.24, 2.45) is 0 Å². The van der Waals surface area contributed by atoms with Crippen LogP contribution in [-0.2, 0) is 10.0 Å². The van der Waals surface area contributed by atoms with E-state index in [2.05, 4.69) is 15.5 Å². The number of ether oxygens (including phenoxy) is 1. The molecule has 4 heterocycles. The van der Waals surface area contributed by atoms with Gasteiger partial charge in [0.1, 0.15) is 30.2 Å². The topological polar surface area (TPSA) is 108 Å². The van der Waals surface area contributed by atoms with E-state index in [1.54, 1.807) is 12.1 Å². The molecule has 3 atom stereocenters. The van der Waals surface area contributed by atoms with Crippen LogP contribution in [0.1, 0.15) is 31.2 Å². The molecule has 4 aromatic rings. The van der Waals surface area contributed by atoms with Crippen LogP contribution in [0.4, 0.5) is 14.6 Å². The molecule has 1 aromatic heterocycles. The molecule has 234 valence electrons. The summed E-state index contributed by atoms with van der Waals surface area (Å²) in [6.45, 7) is 2.44. The van der Waals surface area contributed by atoms with Crippen LogP contribution in [0, 0.1) is 18.2 Å². The number of aromatic nitrogens is 2. The number of hydrogen-bond donors (Lipinski definition) is 2. The van der Waals surface area contributed by atoms with E-state index in [-0.39, 0.29) is 30.0 Å². The predicted molar refractivity (Wildman–Crippen MR) is 169 cm³/mol. The molecule has 3 aliphatic heterocycles. The van der Waals surface area contributed by atoms with Gasteiger partial charge in [0.25, 0.3) is 0 Å². The van der Waals surface area contributed by atoms with Crippen molar-refractivity contribution in [2.45, 2.75) is 43.4 Å². The Labute approximate surface area is 260 Å². The van der Waals surface area contributed by atoms with E-state index < -0.39 is 27.6 Å². The van der Waals surface area contributed by atoms with Gasteiger partial charge in [-0.25, -0.2) is 21.9 Å². The number of nitrogens with zero attached hydrogens (tertiary/aromatic N) is 4. The van der Waals surface area contributed by atoms with Crippen LogP contribution < -0.4 is 14.4 Å². The normalized spacial score (nSPS) is 23.6. The summed E-state index contributed by atoms with van der Waals surface area (Å²) in [5, 5.41) is 12.3. The predicted octanol–water partition coefficient (Wildman–Crippen LogP) is 4.36. The second-order valence-electron chi connectivity index (χ2n) is 12.4. The van der Waals surface area contributed by atoms with Crippen molar-refractivity contribution in [1.29, 1.82) is 0 Å². The van der Waals surface area contributed by atoms with Crippen molar-refractivity contribution in [3.8, 4) is 35.2 Å². The number of benzene rings is 3. The average Bonchev–Trinajstić information content (AvgIpc) is 3.68. The third-order valence-corrected chi connectivity index (χ3v) is 10.0. The summed E-state index contributed by atoms with van der Waals surface area (Å²) in [4.78, 5) is 13.7. The number of sulfonamides is 1. The number of fused-ring (bicyclic) bond motifs is 3. The maximum atomic E-state index is 14.8. The molecule has 9 nitrogen and oxygen atoms in total. The summed E-state index contributed by atoms with van der Waals surface area (Å²) >= 11 is 0. The molecule has 7 rings (SSSR count). The number of halogens is 2. The Balaban J connectivity index is 1.32. The number of anilines is 1.